The van der Waals surface area contributed by atoms with E-state index in [0.717, 1.165) is 0 Å². The molecule has 1 atom stereocenters. The van der Waals surface area contributed by atoms with Gasteiger partial charge in [0.2, 0.25) is 10.0 Å². The molecule has 0 aliphatic rings. The van der Waals surface area contributed by atoms with Crippen LogP contribution in [0.2, 0.25) is 10.0 Å². The second kappa shape index (κ2) is 5.69. The third kappa shape index (κ3) is 3.86. The maximum atomic E-state index is 11.9. The SMILES string of the molecule is CCC(C#N)NS(=O)(=O)c1cc(Cl)cc(Cl)c1. The molecule has 1 aromatic rings. The first-order valence-corrected chi connectivity index (χ1v) is 7.01. The van der Waals surface area contributed by atoms with Crippen LogP contribution in [0.1, 0.15) is 13.3 Å². The number of halogens is 2. The number of hydrogen-bond donors (Lipinski definition) is 1. The second-order valence-electron chi connectivity index (χ2n) is 3.32. The van der Waals surface area contributed by atoms with Crippen LogP contribution in [-0.4, -0.2) is 14.5 Å². The topological polar surface area (TPSA) is 70.0 Å². The summed E-state index contributed by atoms with van der Waals surface area (Å²) in [4.78, 5) is -0.0521. The van der Waals surface area contributed by atoms with Crippen molar-refractivity contribution in [1.82, 2.24) is 4.72 Å². The van der Waals surface area contributed by atoms with Gasteiger partial charge in [0.05, 0.1) is 11.0 Å². The molecule has 0 fully saturated rings. The molecule has 4 nitrogen and oxygen atoms in total. The van der Waals surface area contributed by atoms with Crippen LogP contribution in [0.15, 0.2) is 23.1 Å². The van der Waals surface area contributed by atoms with Crippen molar-refractivity contribution in [2.24, 2.45) is 0 Å². The summed E-state index contributed by atoms with van der Waals surface area (Å²) in [7, 11) is -3.77. The Bertz CT molecular complexity index is 532. The van der Waals surface area contributed by atoms with Crippen LogP contribution >= 0.6 is 23.2 Å². The molecule has 0 saturated heterocycles. The van der Waals surface area contributed by atoms with Crippen molar-refractivity contribution < 1.29 is 8.42 Å². The van der Waals surface area contributed by atoms with E-state index in [-0.39, 0.29) is 14.9 Å². The molecule has 0 spiro atoms. The van der Waals surface area contributed by atoms with Gasteiger partial charge in [0.1, 0.15) is 6.04 Å². The van der Waals surface area contributed by atoms with Crippen molar-refractivity contribution in [2.45, 2.75) is 24.3 Å². The van der Waals surface area contributed by atoms with Gasteiger partial charge < -0.3 is 0 Å². The van der Waals surface area contributed by atoms with E-state index >= 15 is 0 Å². The largest absolute Gasteiger partial charge is 0.241 e. The lowest BCUT2D eigenvalue weighted by Gasteiger charge is -2.10. The molecule has 0 heterocycles. The Balaban J connectivity index is 3.10. The van der Waals surface area contributed by atoms with E-state index in [4.69, 9.17) is 28.5 Å². The van der Waals surface area contributed by atoms with Gasteiger partial charge in [-0.3, -0.25) is 0 Å². The minimum absolute atomic E-state index is 0.0521. The molecule has 0 aliphatic heterocycles. The molecular formula is C10H10Cl2N2O2S. The zero-order chi connectivity index (χ0) is 13.1. The smallest absolute Gasteiger partial charge is 0.207 e. The third-order valence-corrected chi connectivity index (χ3v) is 3.90. The molecule has 17 heavy (non-hydrogen) atoms. The van der Waals surface area contributed by atoms with Crippen molar-refractivity contribution in [2.75, 3.05) is 0 Å². The fraction of sp³-hybridized carbons (Fsp3) is 0.300. The van der Waals surface area contributed by atoms with E-state index in [9.17, 15) is 8.42 Å². The first kappa shape index (κ1) is 14.3. The molecule has 1 unspecified atom stereocenters. The van der Waals surface area contributed by atoms with Gasteiger partial charge in [-0.05, 0) is 24.6 Å². The van der Waals surface area contributed by atoms with Gasteiger partial charge in [0, 0.05) is 10.0 Å². The van der Waals surface area contributed by atoms with Crippen LogP contribution in [0.5, 0.6) is 0 Å². The Morgan fingerprint density at radius 3 is 2.29 bits per heavy atom. The predicted molar refractivity (Wildman–Crippen MR) is 66.5 cm³/mol. The number of nitrogens with zero attached hydrogens (tertiary/aromatic N) is 1. The van der Waals surface area contributed by atoms with Gasteiger partial charge in [0.15, 0.2) is 0 Å². The molecule has 1 N–H and O–H groups in total. The molecule has 7 heteroatoms. The molecule has 1 rings (SSSR count). The summed E-state index contributed by atoms with van der Waals surface area (Å²) >= 11 is 11.4. The summed E-state index contributed by atoms with van der Waals surface area (Å²) in [5, 5.41) is 9.17. The number of hydrogen-bond acceptors (Lipinski definition) is 3. The van der Waals surface area contributed by atoms with Gasteiger partial charge >= 0.3 is 0 Å². The molecule has 0 amide bonds. The number of nitrogens with one attached hydrogen (secondary N) is 1. The Morgan fingerprint density at radius 1 is 1.35 bits per heavy atom. The fourth-order valence-corrected chi connectivity index (χ4v) is 3.09. The quantitative estimate of drug-likeness (QED) is 0.927. The molecule has 0 bridgehead atoms. The fourth-order valence-electron chi connectivity index (χ4n) is 1.14. The minimum atomic E-state index is -3.77. The number of nitriles is 1. The summed E-state index contributed by atoms with van der Waals surface area (Å²) < 4.78 is 26.0. The van der Waals surface area contributed by atoms with Crippen molar-refractivity contribution >= 4 is 33.2 Å². The van der Waals surface area contributed by atoms with Crippen molar-refractivity contribution in [3.63, 3.8) is 0 Å². The van der Waals surface area contributed by atoms with Crippen molar-refractivity contribution in [1.29, 1.82) is 5.26 Å². The molecule has 0 aliphatic carbocycles. The average Bonchev–Trinajstić information content (AvgIpc) is 2.24. The summed E-state index contributed by atoms with van der Waals surface area (Å²) in [6.45, 7) is 1.71. The van der Waals surface area contributed by atoms with E-state index in [1.165, 1.54) is 18.2 Å². The predicted octanol–water partition coefficient (Wildman–Crippen LogP) is 2.57. The van der Waals surface area contributed by atoms with Crippen LogP contribution in [0, 0.1) is 11.3 Å². The molecule has 92 valence electrons. The summed E-state index contributed by atoms with van der Waals surface area (Å²) in [5.74, 6) is 0. The maximum absolute atomic E-state index is 11.9. The summed E-state index contributed by atoms with van der Waals surface area (Å²) in [6.07, 6.45) is 0.379. The van der Waals surface area contributed by atoms with Gasteiger partial charge in [0.25, 0.3) is 0 Å². The average molecular weight is 293 g/mol. The van der Waals surface area contributed by atoms with E-state index in [1.807, 2.05) is 6.07 Å². The van der Waals surface area contributed by atoms with Crippen molar-refractivity contribution in [3.8, 4) is 6.07 Å². The Morgan fingerprint density at radius 2 is 1.88 bits per heavy atom. The summed E-state index contributed by atoms with van der Waals surface area (Å²) in [6, 6.07) is 5.07. The highest BCUT2D eigenvalue weighted by atomic mass is 35.5. The molecule has 0 aromatic heterocycles. The van der Waals surface area contributed by atoms with Crippen LogP contribution < -0.4 is 4.72 Å². The molecule has 0 radical (unpaired) electrons. The van der Waals surface area contributed by atoms with Crippen LogP contribution in [0.3, 0.4) is 0 Å². The highest BCUT2D eigenvalue weighted by molar-refractivity contribution is 7.89. The highest BCUT2D eigenvalue weighted by Gasteiger charge is 2.19. The van der Waals surface area contributed by atoms with Crippen LogP contribution in [0.4, 0.5) is 0 Å². The van der Waals surface area contributed by atoms with E-state index in [1.54, 1.807) is 6.92 Å². The van der Waals surface area contributed by atoms with Gasteiger partial charge in [-0.25, -0.2) is 8.42 Å². The van der Waals surface area contributed by atoms with Gasteiger partial charge in [-0.1, -0.05) is 30.1 Å². The first-order valence-electron chi connectivity index (χ1n) is 4.77. The lowest BCUT2D eigenvalue weighted by Crippen LogP contribution is -2.33. The third-order valence-electron chi connectivity index (χ3n) is 2.01. The Hall–Kier alpha value is -0.800. The lowest BCUT2D eigenvalue weighted by atomic mass is 10.3. The lowest BCUT2D eigenvalue weighted by molar-refractivity contribution is 0.569. The van der Waals surface area contributed by atoms with Crippen LogP contribution in [-0.2, 0) is 10.0 Å². The summed E-state index contributed by atoms with van der Waals surface area (Å²) in [5.41, 5.74) is 0. The second-order valence-corrected chi connectivity index (χ2v) is 5.90. The monoisotopic (exact) mass is 292 g/mol. The number of benzene rings is 1. The Kier molecular flexibility index (Phi) is 4.78. The number of rotatable bonds is 4. The zero-order valence-corrected chi connectivity index (χ0v) is 11.3. The van der Waals surface area contributed by atoms with Gasteiger partial charge in [-0.15, -0.1) is 0 Å². The zero-order valence-electron chi connectivity index (χ0n) is 8.94. The molecule has 0 saturated carbocycles. The minimum Gasteiger partial charge on any atom is -0.207 e. The van der Waals surface area contributed by atoms with Crippen molar-refractivity contribution in [3.05, 3.63) is 28.2 Å². The standard InChI is InChI=1S/C10H10Cl2N2O2S/c1-2-9(6-13)14-17(15,16)10-4-7(11)3-8(12)5-10/h3-5,9,14H,2H2,1H3. The van der Waals surface area contributed by atoms with E-state index in [2.05, 4.69) is 4.72 Å². The first-order chi connectivity index (χ1) is 7.89. The highest BCUT2D eigenvalue weighted by Crippen LogP contribution is 2.22. The normalized spacial score (nSPS) is 13.1. The van der Waals surface area contributed by atoms with Crippen LogP contribution in [0.25, 0.3) is 0 Å². The molecule has 1 aromatic carbocycles. The maximum Gasteiger partial charge on any atom is 0.241 e. The van der Waals surface area contributed by atoms with E-state index in [0.29, 0.717) is 6.42 Å². The Labute approximate surface area is 110 Å². The van der Waals surface area contributed by atoms with Gasteiger partial charge in [-0.2, -0.15) is 9.98 Å². The van der Waals surface area contributed by atoms with E-state index < -0.39 is 16.1 Å². The molecular weight excluding hydrogens is 283 g/mol. The number of sulfonamides is 1.